The summed E-state index contributed by atoms with van der Waals surface area (Å²) in [5, 5.41) is -0.0194. The molecular weight excluding hydrogens is 437 g/mol. The maximum atomic E-state index is 14.4. The van der Waals surface area contributed by atoms with Crippen LogP contribution < -0.4 is 0 Å². The zero-order valence-electron chi connectivity index (χ0n) is 16.9. The highest BCUT2D eigenvalue weighted by Crippen LogP contribution is 2.32. The standard InChI is InChI=1S/C23H20FNO4S2/c1-16(2)17-11-13-19(14-12-17)30(26,27)23-15-18-7-3-5-9-21(18)25(23)31(28,29)22-10-6-4-8-20(22)24/h3-16H,1-2H3. The van der Waals surface area contributed by atoms with Crippen molar-refractivity contribution in [1.29, 1.82) is 0 Å². The van der Waals surface area contributed by atoms with E-state index in [2.05, 4.69) is 0 Å². The van der Waals surface area contributed by atoms with Crippen molar-refractivity contribution in [1.82, 2.24) is 3.97 Å². The van der Waals surface area contributed by atoms with Crippen molar-refractivity contribution in [3.05, 3.63) is 90.2 Å². The Morgan fingerprint density at radius 1 is 0.806 bits per heavy atom. The van der Waals surface area contributed by atoms with E-state index in [0.29, 0.717) is 9.36 Å². The number of para-hydroxylation sites is 1. The van der Waals surface area contributed by atoms with Crippen LogP contribution >= 0.6 is 0 Å². The summed E-state index contributed by atoms with van der Waals surface area (Å²) in [6.07, 6.45) is 0. The summed E-state index contributed by atoms with van der Waals surface area (Å²) in [5.74, 6) is -0.741. The predicted octanol–water partition coefficient (Wildman–Crippen LogP) is 4.97. The van der Waals surface area contributed by atoms with Crippen LogP contribution in [0.3, 0.4) is 0 Å². The molecule has 0 radical (unpaired) electrons. The number of rotatable bonds is 5. The Morgan fingerprint density at radius 3 is 2.06 bits per heavy atom. The lowest BCUT2D eigenvalue weighted by atomic mass is 10.0. The first-order valence-electron chi connectivity index (χ1n) is 9.59. The molecule has 0 amide bonds. The van der Waals surface area contributed by atoms with Crippen LogP contribution in [0.25, 0.3) is 10.9 Å². The normalized spacial score (nSPS) is 12.5. The van der Waals surface area contributed by atoms with Gasteiger partial charge in [0.15, 0.2) is 5.03 Å². The summed E-state index contributed by atoms with van der Waals surface area (Å²) < 4.78 is 69.0. The highest BCUT2D eigenvalue weighted by atomic mass is 32.2. The van der Waals surface area contributed by atoms with Crippen LogP contribution in [0.1, 0.15) is 25.3 Å². The Hall–Kier alpha value is -2.97. The number of aromatic nitrogens is 1. The number of nitrogens with zero attached hydrogens (tertiary/aromatic N) is 1. The van der Waals surface area contributed by atoms with Crippen LogP contribution in [-0.2, 0) is 19.9 Å². The van der Waals surface area contributed by atoms with Crippen LogP contribution in [0.5, 0.6) is 0 Å². The summed E-state index contributed by atoms with van der Waals surface area (Å²) >= 11 is 0. The number of hydrogen-bond acceptors (Lipinski definition) is 4. The zero-order chi connectivity index (χ0) is 22.4. The van der Waals surface area contributed by atoms with Crippen LogP contribution in [0.2, 0.25) is 0 Å². The molecule has 1 heterocycles. The Bertz CT molecular complexity index is 1490. The van der Waals surface area contributed by atoms with Gasteiger partial charge < -0.3 is 0 Å². The molecular formula is C23H20FNO4S2. The van der Waals surface area contributed by atoms with Gasteiger partial charge in [0, 0.05) is 5.39 Å². The fourth-order valence-corrected chi connectivity index (χ4v) is 6.84. The highest BCUT2D eigenvalue weighted by Gasteiger charge is 2.32. The smallest absolute Gasteiger partial charge is 0.222 e. The minimum Gasteiger partial charge on any atom is -0.222 e. The maximum Gasteiger partial charge on any atom is 0.272 e. The molecule has 0 bridgehead atoms. The Kier molecular flexibility index (Phi) is 5.23. The van der Waals surface area contributed by atoms with Crippen LogP contribution in [-0.4, -0.2) is 20.8 Å². The van der Waals surface area contributed by atoms with E-state index in [4.69, 9.17) is 0 Å². The van der Waals surface area contributed by atoms with Crippen LogP contribution in [0.4, 0.5) is 4.39 Å². The Labute approximate surface area is 180 Å². The van der Waals surface area contributed by atoms with E-state index in [1.54, 1.807) is 30.3 Å². The second-order valence-electron chi connectivity index (χ2n) is 7.47. The molecule has 5 nitrogen and oxygen atoms in total. The van der Waals surface area contributed by atoms with Gasteiger partial charge in [0.25, 0.3) is 10.0 Å². The van der Waals surface area contributed by atoms with E-state index in [-0.39, 0.29) is 16.3 Å². The molecule has 0 N–H and O–H groups in total. The van der Waals surface area contributed by atoms with Gasteiger partial charge in [0.05, 0.1) is 10.4 Å². The van der Waals surface area contributed by atoms with Gasteiger partial charge >= 0.3 is 0 Å². The minimum absolute atomic E-state index is 0.0373. The third-order valence-electron chi connectivity index (χ3n) is 5.12. The summed E-state index contributed by atoms with van der Waals surface area (Å²) in [7, 11) is -8.75. The van der Waals surface area contributed by atoms with Crippen molar-refractivity contribution < 1.29 is 21.2 Å². The molecule has 1 aromatic heterocycles. The van der Waals surface area contributed by atoms with Gasteiger partial charge in [-0.25, -0.2) is 25.2 Å². The van der Waals surface area contributed by atoms with Crippen molar-refractivity contribution in [3.63, 3.8) is 0 Å². The third kappa shape index (κ3) is 3.55. The molecule has 4 rings (SSSR count). The van der Waals surface area contributed by atoms with E-state index >= 15 is 0 Å². The molecule has 8 heteroatoms. The molecule has 0 aliphatic rings. The molecule has 3 aromatic carbocycles. The molecule has 160 valence electrons. The van der Waals surface area contributed by atoms with Gasteiger partial charge in [-0.1, -0.05) is 56.3 Å². The van der Waals surface area contributed by atoms with Gasteiger partial charge in [0.2, 0.25) is 9.84 Å². The summed E-state index contributed by atoms with van der Waals surface area (Å²) in [5.41, 5.74) is 1.11. The SMILES string of the molecule is CC(C)c1ccc(S(=O)(=O)c2cc3ccccc3n2S(=O)(=O)c2ccccc2F)cc1. The third-order valence-corrected chi connectivity index (χ3v) is 8.74. The number of fused-ring (bicyclic) bond motifs is 1. The number of halogens is 1. The fraction of sp³-hybridized carbons (Fsp3) is 0.130. The lowest BCUT2D eigenvalue weighted by Crippen LogP contribution is -2.19. The number of benzene rings is 3. The summed E-state index contributed by atoms with van der Waals surface area (Å²) in [6, 6.07) is 18.9. The van der Waals surface area contributed by atoms with Crippen molar-refractivity contribution in [3.8, 4) is 0 Å². The molecule has 0 saturated heterocycles. The van der Waals surface area contributed by atoms with E-state index in [1.165, 1.54) is 36.4 Å². The molecule has 0 aliphatic carbocycles. The number of hydrogen-bond donors (Lipinski definition) is 0. The molecule has 4 aromatic rings. The second-order valence-corrected chi connectivity index (χ2v) is 11.1. The molecule has 0 unspecified atom stereocenters. The first-order chi connectivity index (χ1) is 14.6. The molecule has 0 aliphatic heterocycles. The van der Waals surface area contributed by atoms with Crippen LogP contribution in [0.15, 0.2) is 93.7 Å². The first-order valence-corrected chi connectivity index (χ1v) is 12.5. The zero-order valence-corrected chi connectivity index (χ0v) is 18.5. The van der Waals surface area contributed by atoms with Crippen molar-refractivity contribution in [2.45, 2.75) is 34.6 Å². The summed E-state index contributed by atoms with van der Waals surface area (Å²) in [6.45, 7) is 3.98. The molecule has 0 fully saturated rings. The van der Waals surface area contributed by atoms with Gasteiger partial charge in [0.1, 0.15) is 10.7 Å². The Morgan fingerprint density at radius 2 is 1.42 bits per heavy atom. The van der Waals surface area contributed by atoms with Gasteiger partial charge in [-0.3, -0.25) is 0 Å². The highest BCUT2D eigenvalue weighted by molar-refractivity contribution is 7.93. The lowest BCUT2D eigenvalue weighted by Gasteiger charge is -2.13. The topological polar surface area (TPSA) is 73.2 Å². The first kappa shape index (κ1) is 21.3. The van der Waals surface area contributed by atoms with Crippen molar-refractivity contribution in [2.75, 3.05) is 0 Å². The Balaban J connectivity index is 2.01. The van der Waals surface area contributed by atoms with E-state index < -0.39 is 35.6 Å². The molecule has 0 saturated carbocycles. The number of sulfone groups is 1. The molecule has 0 spiro atoms. The quantitative estimate of drug-likeness (QED) is 0.424. The monoisotopic (exact) mass is 457 g/mol. The van der Waals surface area contributed by atoms with Crippen molar-refractivity contribution in [2.24, 2.45) is 0 Å². The second kappa shape index (κ2) is 7.62. The van der Waals surface area contributed by atoms with E-state index in [9.17, 15) is 21.2 Å². The fourth-order valence-electron chi connectivity index (χ4n) is 3.44. The van der Waals surface area contributed by atoms with Gasteiger partial charge in [-0.15, -0.1) is 0 Å². The maximum absolute atomic E-state index is 14.4. The lowest BCUT2D eigenvalue weighted by molar-refractivity contribution is 0.555. The summed E-state index contributed by atoms with van der Waals surface area (Å²) in [4.78, 5) is -0.632. The van der Waals surface area contributed by atoms with Gasteiger partial charge in [-0.05, 0) is 47.9 Å². The largest absolute Gasteiger partial charge is 0.272 e. The van der Waals surface area contributed by atoms with Crippen LogP contribution in [0, 0.1) is 5.82 Å². The average molecular weight is 458 g/mol. The van der Waals surface area contributed by atoms with Gasteiger partial charge in [-0.2, -0.15) is 0 Å². The molecule has 0 atom stereocenters. The van der Waals surface area contributed by atoms with Crippen molar-refractivity contribution >= 4 is 30.8 Å². The van der Waals surface area contributed by atoms with E-state index in [0.717, 1.165) is 17.7 Å². The average Bonchev–Trinajstić information content (AvgIpc) is 3.15. The molecule has 31 heavy (non-hydrogen) atoms. The minimum atomic E-state index is -4.53. The van der Waals surface area contributed by atoms with E-state index in [1.807, 2.05) is 13.8 Å². The predicted molar refractivity (Wildman–Crippen MR) is 117 cm³/mol.